The van der Waals surface area contributed by atoms with E-state index in [1.54, 1.807) is 116 Å². The Morgan fingerprint density at radius 2 is 0.889 bits per heavy atom. The summed E-state index contributed by atoms with van der Waals surface area (Å²) in [5.74, 6) is -3.37. The number of pyridine rings is 3. The number of nitrogens with zero attached hydrogens (tertiary/aromatic N) is 3. The van der Waals surface area contributed by atoms with E-state index in [9.17, 15) is 41.9 Å². The van der Waals surface area contributed by atoms with Gasteiger partial charge in [-0.3, -0.25) is 14.4 Å². The number of aromatic carboxylic acids is 1. The number of ether oxygens (including phenoxy) is 2. The number of aromatic nitrogens is 3. The van der Waals surface area contributed by atoms with Crippen LogP contribution >= 0.6 is 31.9 Å². The summed E-state index contributed by atoms with van der Waals surface area (Å²) in [6.45, 7) is 17.4. The Balaban J connectivity index is 0.000000237. The molecule has 15 nitrogen and oxygen atoms in total. The highest BCUT2D eigenvalue weighted by molar-refractivity contribution is 9.10. The van der Waals surface area contributed by atoms with Crippen molar-refractivity contribution in [2.75, 3.05) is 16.0 Å². The second-order valence-corrected chi connectivity index (χ2v) is 19.6. The second-order valence-electron chi connectivity index (χ2n) is 17.7. The molecule has 6 rings (SSSR count). The van der Waals surface area contributed by atoms with Crippen molar-refractivity contribution in [3.63, 3.8) is 0 Å². The molecule has 3 aromatic heterocycles. The summed E-state index contributed by atoms with van der Waals surface area (Å²) < 4.78 is 50.9. The number of hydrogen-bond donors (Lipinski definition) is 4. The zero-order chi connectivity index (χ0) is 53.9. The molecule has 0 bridgehead atoms. The molecule has 3 heterocycles. The normalized spacial score (nSPS) is 11.1. The van der Waals surface area contributed by atoms with Crippen molar-refractivity contribution in [3.8, 4) is 0 Å². The monoisotopic (exact) mass is 1120 g/mol. The molecular weight excluding hydrogens is 1070 g/mol. The van der Waals surface area contributed by atoms with Crippen LogP contribution < -0.4 is 16.0 Å². The molecule has 0 saturated heterocycles. The largest absolute Gasteiger partial charge is 0.478 e. The molecular formula is C52H51Br2F3N6O9. The van der Waals surface area contributed by atoms with Gasteiger partial charge < -0.3 is 30.5 Å². The molecule has 0 unspecified atom stereocenters. The molecule has 6 aromatic rings. The number of carbonyl (C=O) groups excluding carboxylic acids is 5. The maximum absolute atomic E-state index is 13.0. The minimum Gasteiger partial charge on any atom is -0.478 e. The van der Waals surface area contributed by atoms with Crippen LogP contribution in [0.5, 0.6) is 0 Å². The van der Waals surface area contributed by atoms with Crippen LogP contribution in [0, 0.1) is 27.7 Å². The lowest BCUT2D eigenvalue weighted by atomic mass is 10.0. The number of carboxylic acid groups (broad SMARTS) is 1. The van der Waals surface area contributed by atoms with E-state index in [1.165, 1.54) is 18.2 Å². The average molecular weight is 1120 g/mol. The fourth-order valence-corrected chi connectivity index (χ4v) is 6.73. The Bertz CT molecular complexity index is 3030. The van der Waals surface area contributed by atoms with Crippen LogP contribution in [0.15, 0.2) is 112 Å². The fourth-order valence-electron chi connectivity index (χ4n) is 6.00. The quantitative estimate of drug-likeness (QED) is 0.0995. The maximum Gasteiger partial charge on any atom is 0.416 e. The van der Waals surface area contributed by atoms with Gasteiger partial charge in [0.1, 0.15) is 28.7 Å². The number of aryl methyl sites for hydroxylation is 4. The number of nitrogens with one attached hydrogen (secondary N) is 3. The Hall–Kier alpha value is -7.32. The number of esters is 2. The van der Waals surface area contributed by atoms with Crippen LogP contribution in [-0.2, 0) is 15.7 Å². The molecule has 0 fully saturated rings. The zero-order valence-electron chi connectivity index (χ0n) is 40.8. The van der Waals surface area contributed by atoms with E-state index in [2.05, 4.69) is 62.8 Å². The van der Waals surface area contributed by atoms with Crippen molar-refractivity contribution in [2.45, 2.75) is 86.6 Å². The Kier molecular flexibility index (Phi) is 19.2. The molecule has 0 aliphatic carbocycles. The van der Waals surface area contributed by atoms with E-state index in [-0.39, 0.29) is 33.6 Å². The number of benzene rings is 3. The van der Waals surface area contributed by atoms with Crippen LogP contribution in [0.2, 0.25) is 0 Å². The molecule has 72 heavy (non-hydrogen) atoms. The third kappa shape index (κ3) is 17.5. The number of halogens is 5. The van der Waals surface area contributed by atoms with E-state index >= 15 is 0 Å². The SMILES string of the molecule is Cc1ccc(NC(=O)c2ccc(Br)cc2C(=O)OC(C)(C)C)nc1C.Cc1cccc(NC(=O)c2ccc(Br)cc2C(=O)O)n1.Cc1cccc(NC(=O)c2ccc(C(F)(F)F)cc2C(=O)OC(C)(C)C)n1. The van der Waals surface area contributed by atoms with Crippen molar-refractivity contribution in [2.24, 2.45) is 0 Å². The average Bonchev–Trinajstić information content (AvgIpc) is 3.26. The van der Waals surface area contributed by atoms with Gasteiger partial charge in [0.15, 0.2) is 0 Å². The number of carboxylic acids is 1. The lowest BCUT2D eigenvalue weighted by Crippen LogP contribution is -2.26. The Labute approximate surface area is 430 Å². The Morgan fingerprint density at radius 1 is 0.500 bits per heavy atom. The maximum atomic E-state index is 13.0. The van der Waals surface area contributed by atoms with Crippen molar-refractivity contribution in [1.82, 2.24) is 15.0 Å². The first-order chi connectivity index (χ1) is 33.4. The third-order valence-corrected chi connectivity index (χ3v) is 10.4. The number of alkyl halides is 3. The lowest BCUT2D eigenvalue weighted by molar-refractivity contribution is -0.137. The van der Waals surface area contributed by atoms with Crippen molar-refractivity contribution < 1.29 is 56.5 Å². The molecule has 3 aromatic carbocycles. The standard InChI is InChI=1S/C19H21BrN2O3.C19H19F3N2O3.C14H11BrN2O3/c1-11-6-9-16(21-12(11)2)22-17(23)14-8-7-13(20)10-15(14)18(24)25-19(3,4)5;1-11-6-5-7-15(23-11)24-16(25)13-9-8-12(19(20,21)22)10-14(13)17(26)27-18(2,3)4;1-8-3-2-4-12(16-8)17-13(18)10-6-5-9(15)7-11(10)14(19)20/h6-10H,1-5H3,(H,21,22,23);5-10H,1-4H3,(H,23,24,25);2-7H,1H3,(H,19,20)(H,16,17,18). The molecule has 378 valence electrons. The summed E-state index contributed by atoms with van der Waals surface area (Å²) in [7, 11) is 0. The summed E-state index contributed by atoms with van der Waals surface area (Å²) in [5, 5.41) is 16.9. The Morgan fingerprint density at radius 3 is 1.28 bits per heavy atom. The van der Waals surface area contributed by atoms with Gasteiger partial charge >= 0.3 is 24.1 Å². The molecule has 20 heteroatoms. The summed E-state index contributed by atoms with van der Waals surface area (Å²) in [4.78, 5) is 85.9. The molecule has 0 saturated carbocycles. The molecule has 0 atom stereocenters. The van der Waals surface area contributed by atoms with Crippen molar-refractivity contribution in [3.05, 3.63) is 174 Å². The predicted molar refractivity (Wildman–Crippen MR) is 273 cm³/mol. The van der Waals surface area contributed by atoms with E-state index < -0.39 is 64.1 Å². The highest BCUT2D eigenvalue weighted by atomic mass is 79.9. The molecule has 0 aliphatic rings. The minimum atomic E-state index is -4.66. The van der Waals surface area contributed by atoms with Crippen LogP contribution in [0.3, 0.4) is 0 Å². The van der Waals surface area contributed by atoms with Gasteiger partial charge in [0.05, 0.1) is 38.9 Å². The van der Waals surface area contributed by atoms with Gasteiger partial charge in [-0.1, -0.05) is 50.1 Å². The van der Waals surface area contributed by atoms with Crippen molar-refractivity contribution in [1.29, 1.82) is 0 Å². The number of hydrogen-bond acceptors (Lipinski definition) is 11. The van der Waals surface area contributed by atoms with E-state index in [0.29, 0.717) is 32.3 Å². The third-order valence-electron chi connectivity index (χ3n) is 9.36. The van der Waals surface area contributed by atoms with Gasteiger partial charge in [-0.05, 0) is 160 Å². The van der Waals surface area contributed by atoms with Gasteiger partial charge in [-0.25, -0.2) is 29.3 Å². The molecule has 0 radical (unpaired) electrons. The first-order valence-electron chi connectivity index (χ1n) is 21.7. The van der Waals surface area contributed by atoms with Gasteiger partial charge in [-0.2, -0.15) is 13.2 Å². The van der Waals surface area contributed by atoms with Crippen LogP contribution in [-0.4, -0.2) is 66.9 Å². The number of carbonyl (C=O) groups is 6. The first kappa shape index (κ1) is 57.3. The van der Waals surface area contributed by atoms with Gasteiger partial charge in [0.25, 0.3) is 17.7 Å². The van der Waals surface area contributed by atoms with Crippen LogP contribution in [0.1, 0.15) is 132 Å². The lowest BCUT2D eigenvalue weighted by Gasteiger charge is -2.21. The molecule has 4 N–H and O–H groups in total. The highest BCUT2D eigenvalue weighted by Crippen LogP contribution is 2.32. The summed E-state index contributed by atoms with van der Waals surface area (Å²) >= 11 is 6.51. The summed E-state index contributed by atoms with van der Waals surface area (Å²) in [6.07, 6.45) is -4.66. The van der Waals surface area contributed by atoms with Crippen LogP contribution in [0.25, 0.3) is 0 Å². The summed E-state index contributed by atoms with van der Waals surface area (Å²) in [5.41, 5.74) is 0.400. The predicted octanol–water partition coefficient (Wildman–Crippen LogP) is 12.4. The van der Waals surface area contributed by atoms with Gasteiger partial charge in [0, 0.05) is 26.0 Å². The van der Waals surface area contributed by atoms with Crippen molar-refractivity contribution >= 4 is 84.9 Å². The fraction of sp³-hybridized carbons (Fsp3) is 0.250. The molecule has 0 aliphatic heterocycles. The summed E-state index contributed by atoms with van der Waals surface area (Å²) in [6, 6.07) is 25.4. The molecule has 3 amide bonds. The second kappa shape index (κ2) is 24.2. The van der Waals surface area contributed by atoms with E-state index in [0.717, 1.165) is 29.1 Å². The highest BCUT2D eigenvalue weighted by Gasteiger charge is 2.34. The molecule has 0 spiro atoms. The topological polar surface area (TPSA) is 216 Å². The van der Waals surface area contributed by atoms with E-state index in [4.69, 9.17) is 14.6 Å². The van der Waals surface area contributed by atoms with Gasteiger partial charge in [0.2, 0.25) is 0 Å². The van der Waals surface area contributed by atoms with E-state index in [1.807, 2.05) is 19.9 Å². The minimum absolute atomic E-state index is 0.0653. The number of rotatable bonds is 9. The zero-order valence-corrected chi connectivity index (χ0v) is 43.9. The van der Waals surface area contributed by atoms with Crippen LogP contribution in [0.4, 0.5) is 30.6 Å². The number of anilines is 3. The van der Waals surface area contributed by atoms with Gasteiger partial charge in [-0.15, -0.1) is 0 Å². The smallest absolute Gasteiger partial charge is 0.416 e. The number of amides is 3. The first-order valence-corrected chi connectivity index (χ1v) is 23.3.